The minimum absolute atomic E-state index is 0.179. The van der Waals surface area contributed by atoms with Crippen LogP contribution in [-0.4, -0.2) is 27.4 Å². The quantitative estimate of drug-likeness (QED) is 0.654. The summed E-state index contributed by atoms with van der Waals surface area (Å²) in [4.78, 5) is 29.4. The van der Waals surface area contributed by atoms with Crippen LogP contribution >= 0.6 is 11.3 Å². The van der Waals surface area contributed by atoms with Crippen LogP contribution in [0.25, 0.3) is 10.9 Å². The Bertz CT molecular complexity index is 931. The SMILES string of the molecule is Cc1cc2ccccc2n1CC(=O)N[C@H](CC(C)C)C(=O)Nc1nccs1. The molecular weight excluding hydrogens is 360 g/mol. The summed E-state index contributed by atoms with van der Waals surface area (Å²) in [6.45, 7) is 6.21. The highest BCUT2D eigenvalue weighted by molar-refractivity contribution is 7.13. The van der Waals surface area contributed by atoms with E-state index in [1.807, 2.05) is 49.6 Å². The number of aryl methyl sites for hydroxylation is 1. The van der Waals surface area contributed by atoms with Crippen molar-refractivity contribution in [1.82, 2.24) is 14.9 Å². The van der Waals surface area contributed by atoms with Crippen molar-refractivity contribution in [2.24, 2.45) is 5.92 Å². The first kappa shape index (κ1) is 19.1. The second-order valence-electron chi connectivity index (χ2n) is 7.01. The summed E-state index contributed by atoms with van der Waals surface area (Å²) in [7, 11) is 0. The van der Waals surface area contributed by atoms with Gasteiger partial charge < -0.3 is 15.2 Å². The van der Waals surface area contributed by atoms with Crippen molar-refractivity contribution in [2.45, 2.75) is 39.8 Å². The van der Waals surface area contributed by atoms with Gasteiger partial charge in [-0.2, -0.15) is 0 Å². The largest absolute Gasteiger partial charge is 0.343 e. The molecule has 3 rings (SSSR count). The molecule has 2 aromatic heterocycles. The molecule has 6 nitrogen and oxygen atoms in total. The van der Waals surface area contributed by atoms with Gasteiger partial charge in [0.1, 0.15) is 12.6 Å². The molecule has 1 aromatic carbocycles. The number of nitrogens with one attached hydrogen (secondary N) is 2. The van der Waals surface area contributed by atoms with Crippen molar-refractivity contribution >= 4 is 39.2 Å². The molecule has 2 heterocycles. The second kappa shape index (κ2) is 8.35. The summed E-state index contributed by atoms with van der Waals surface area (Å²) >= 11 is 1.35. The van der Waals surface area contributed by atoms with Gasteiger partial charge in [-0.1, -0.05) is 32.0 Å². The summed E-state index contributed by atoms with van der Waals surface area (Å²) in [5.74, 6) is -0.146. The molecular formula is C20H24N4O2S. The van der Waals surface area contributed by atoms with Crippen molar-refractivity contribution in [3.8, 4) is 0 Å². The number of nitrogens with zero attached hydrogens (tertiary/aromatic N) is 2. The highest BCUT2D eigenvalue weighted by atomic mass is 32.1. The van der Waals surface area contributed by atoms with Gasteiger partial charge in [0.05, 0.1) is 0 Å². The Hall–Kier alpha value is -2.67. The summed E-state index contributed by atoms with van der Waals surface area (Å²) in [5.41, 5.74) is 2.02. The van der Waals surface area contributed by atoms with E-state index in [1.165, 1.54) is 11.3 Å². The van der Waals surface area contributed by atoms with Gasteiger partial charge in [0, 0.05) is 22.8 Å². The predicted molar refractivity (Wildman–Crippen MR) is 109 cm³/mol. The fourth-order valence-electron chi connectivity index (χ4n) is 3.12. The molecule has 2 amide bonds. The summed E-state index contributed by atoms with van der Waals surface area (Å²) < 4.78 is 1.97. The van der Waals surface area contributed by atoms with E-state index in [2.05, 4.69) is 21.7 Å². The number of aromatic nitrogens is 2. The fourth-order valence-corrected chi connectivity index (χ4v) is 3.65. The van der Waals surface area contributed by atoms with Crippen molar-refractivity contribution in [1.29, 1.82) is 0 Å². The number of hydrogen-bond acceptors (Lipinski definition) is 4. The predicted octanol–water partition coefficient (Wildman–Crippen LogP) is 3.58. The van der Waals surface area contributed by atoms with Crippen LogP contribution in [0, 0.1) is 12.8 Å². The molecule has 7 heteroatoms. The lowest BCUT2D eigenvalue weighted by atomic mass is 10.0. The number of carbonyl (C=O) groups is 2. The molecule has 0 fully saturated rings. The number of hydrogen-bond donors (Lipinski definition) is 2. The van der Waals surface area contributed by atoms with Crippen LogP contribution in [0.3, 0.4) is 0 Å². The number of para-hydroxylation sites is 1. The molecule has 0 saturated carbocycles. The van der Waals surface area contributed by atoms with E-state index in [1.54, 1.807) is 11.6 Å². The van der Waals surface area contributed by atoms with Crippen LogP contribution in [0.5, 0.6) is 0 Å². The zero-order valence-corrected chi connectivity index (χ0v) is 16.5. The fraction of sp³-hybridized carbons (Fsp3) is 0.350. The Morgan fingerprint density at radius 2 is 2.04 bits per heavy atom. The molecule has 0 unspecified atom stereocenters. The van der Waals surface area contributed by atoms with Gasteiger partial charge >= 0.3 is 0 Å². The van der Waals surface area contributed by atoms with Gasteiger partial charge in [0.25, 0.3) is 0 Å². The van der Waals surface area contributed by atoms with E-state index in [0.29, 0.717) is 11.6 Å². The van der Waals surface area contributed by atoms with Gasteiger partial charge in [-0.3, -0.25) is 9.59 Å². The number of amides is 2. The summed E-state index contributed by atoms with van der Waals surface area (Å²) in [6.07, 6.45) is 2.20. The maximum absolute atomic E-state index is 12.7. The Morgan fingerprint density at radius 1 is 1.26 bits per heavy atom. The van der Waals surface area contributed by atoms with Crippen molar-refractivity contribution < 1.29 is 9.59 Å². The van der Waals surface area contributed by atoms with Gasteiger partial charge in [-0.15, -0.1) is 11.3 Å². The number of rotatable bonds is 7. The third-order valence-electron chi connectivity index (χ3n) is 4.34. The van der Waals surface area contributed by atoms with Crippen LogP contribution in [0.15, 0.2) is 41.9 Å². The van der Waals surface area contributed by atoms with Crippen LogP contribution in [0.4, 0.5) is 5.13 Å². The first-order chi connectivity index (χ1) is 12.9. The zero-order chi connectivity index (χ0) is 19.4. The maximum Gasteiger partial charge on any atom is 0.248 e. The van der Waals surface area contributed by atoms with Crippen molar-refractivity contribution in [3.63, 3.8) is 0 Å². The summed E-state index contributed by atoms with van der Waals surface area (Å²) in [6, 6.07) is 9.43. The molecule has 2 N–H and O–H groups in total. The van der Waals surface area contributed by atoms with Gasteiger partial charge in [-0.05, 0) is 36.8 Å². The molecule has 0 bridgehead atoms. The van der Waals surface area contributed by atoms with Crippen LogP contribution in [0.1, 0.15) is 26.0 Å². The van der Waals surface area contributed by atoms with E-state index in [-0.39, 0.29) is 24.3 Å². The molecule has 0 spiro atoms. The molecule has 0 radical (unpaired) electrons. The monoisotopic (exact) mass is 384 g/mol. The molecule has 3 aromatic rings. The molecule has 1 atom stereocenters. The number of carbonyl (C=O) groups excluding carboxylic acids is 2. The first-order valence-electron chi connectivity index (χ1n) is 8.98. The van der Waals surface area contributed by atoms with E-state index in [4.69, 9.17) is 0 Å². The average Bonchev–Trinajstić information content (AvgIpc) is 3.22. The van der Waals surface area contributed by atoms with E-state index < -0.39 is 6.04 Å². The number of thiazole rings is 1. The van der Waals surface area contributed by atoms with Gasteiger partial charge in [0.2, 0.25) is 11.8 Å². The minimum atomic E-state index is -0.594. The second-order valence-corrected chi connectivity index (χ2v) is 7.90. The third kappa shape index (κ3) is 4.74. The minimum Gasteiger partial charge on any atom is -0.343 e. The van der Waals surface area contributed by atoms with E-state index in [0.717, 1.165) is 16.6 Å². The number of anilines is 1. The topological polar surface area (TPSA) is 76.0 Å². The lowest BCUT2D eigenvalue weighted by molar-refractivity contribution is -0.127. The zero-order valence-electron chi connectivity index (χ0n) is 15.7. The molecule has 27 heavy (non-hydrogen) atoms. The van der Waals surface area contributed by atoms with E-state index >= 15 is 0 Å². The Balaban J connectivity index is 1.71. The number of fused-ring (bicyclic) bond motifs is 1. The molecule has 142 valence electrons. The highest BCUT2D eigenvalue weighted by Gasteiger charge is 2.23. The Kier molecular flexibility index (Phi) is 5.91. The van der Waals surface area contributed by atoms with Crippen LogP contribution in [-0.2, 0) is 16.1 Å². The standard InChI is InChI=1S/C20H24N4O2S/c1-13(2)10-16(19(26)23-20-21-8-9-27-20)22-18(25)12-24-14(3)11-15-6-4-5-7-17(15)24/h4-9,11,13,16H,10,12H2,1-3H3,(H,22,25)(H,21,23,26)/t16-/m1/s1. The normalized spacial score (nSPS) is 12.3. The number of benzene rings is 1. The molecule has 0 saturated heterocycles. The average molecular weight is 385 g/mol. The third-order valence-corrected chi connectivity index (χ3v) is 5.03. The lowest BCUT2D eigenvalue weighted by Gasteiger charge is -2.20. The van der Waals surface area contributed by atoms with Gasteiger partial charge in [0.15, 0.2) is 5.13 Å². The summed E-state index contributed by atoms with van der Waals surface area (Å²) in [5, 5.41) is 9.11. The van der Waals surface area contributed by atoms with Crippen molar-refractivity contribution in [2.75, 3.05) is 5.32 Å². The smallest absolute Gasteiger partial charge is 0.248 e. The van der Waals surface area contributed by atoms with Crippen LogP contribution in [0.2, 0.25) is 0 Å². The molecule has 0 aliphatic carbocycles. The van der Waals surface area contributed by atoms with E-state index in [9.17, 15) is 9.59 Å². The molecule has 0 aliphatic rings. The van der Waals surface area contributed by atoms with Crippen molar-refractivity contribution in [3.05, 3.63) is 47.6 Å². The first-order valence-corrected chi connectivity index (χ1v) is 9.86. The molecule has 0 aliphatic heterocycles. The van der Waals surface area contributed by atoms with Gasteiger partial charge in [-0.25, -0.2) is 4.98 Å². The highest BCUT2D eigenvalue weighted by Crippen LogP contribution is 2.19. The lowest BCUT2D eigenvalue weighted by Crippen LogP contribution is -2.45. The Morgan fingerprint density at radius 3 is 2.74 bits per heavy atom. The maximum atomic E-state index is 12.7. The Labute approximate surface area is 162 Å². The van der Waals surface area contributed by atoms with Crippen LogP contribution < -0.4 is 10.6 Å².